The van der Waals surface area contributed by atoms with Gasteiger partial charge in [0, 0.05) is 0 Å². The largest absolute Gasteiger partial charge is 0.460 e. The van der Waals surface area contributed by atoms with E-state index in [2.05, 4.69) is 15.5 Å². The van der Waals surface area contributed by atoms with E-state index in [9.17, 15) is 4.79 Å². The molecule has 16 heavy (non-hydrogen) atoms. The lowest BCUT2D eigenvalue weighted by Crippen LogP contribution is -2.29. The van der Waals surface area contributed by atoms with Gasteiger partial charge in [-0.15, -0.1) is 0 Å². The molecular weight excluding hydrogens is 230 g/mol. The zero-order valence-electron chi connectivity index (χ0n) is 9.43. The van der Waals surface area contributed by atoms with Gasteiger partial charge in [-0.25, -0.2) is 4.68 Å². The van der Waals surface area contributed by atoms with Crippen LogP contribution in [-0.2, 0) is 9.53 Å². The van der Waals surface area contributed by atoms with Crippen LogP contribution in [0.25, 0.3) is 0 Å². The summed E-state index contributed by atoms with van der Waals surface area (Å²) in [4.78, 5) is 11.5. The van der Waals surface area contributed by atoms with Crippen LogP contribution in [0.3, 0.4) is 0 Å². The summed E-state index contributed by atoms with van der Waals surface area (Å²) in [5, 5.41) is 9.53. The zero-order chi connectivity index (χ0) is 12.3. The molecule has 0 saturated carbocycles. The van der Waals surface area contributed by atoms with Gasteiger partial charge >= 0.3 is 5.97 Å². The summed E-state index contributed by atoms with van der Waals surface area (Å²) in [6.07, 6.45) is -0.632. The molecule has 8 heteroatoms. The van der Waals surface area contributed by atoms with Crippen LogP contribution in [0.4, 0.5) is 0 Å². The highest BCUT2D eigenvalue weighted by molar-refractivity contribution is 7.71. The van der Waals surface area contributed by atoms with Crippen molar-refractivity contribution < 1.29 is 9.53 Å². The molecule has 0 amide bonds. The molecule has 90 valence electrons. The highest BCUT2D eigenvalue weighted by Gasteiger charge is 2.20. The first kappa shape index (κ1) is 12.8. The second kappa shape index (κ2) is 4.71. The third-order valence-corrected chi connectivity index (χ3v) is 1.90. The summed E-state index contributed by atoms with van der Waals surface area (Å²) in [6.45, 7) is 5.37. The molecule has 0 spiro atoms. The van der Waals surface area contributed by atoms with E-state index in [4.69, 9.17) is 22.7 Å². The minimum atomic E-state index is -0.641. The lowest BCUT2D eigenvalue weighted by molar-refractivity contribution is -0.155. The third kappa shape index (κ3) is 3.70. The van der Waals surface area contributed by atoms with Crippen LogP contribution < -0.4 is 5.73 Å². The van der Waals surface area contributed by atoms with Gasteiger partial charge < -0.3 is 10.5 Å². The Hall–Kier alpha value is -1.28. The maximum atomic E-state index is 11.5. The molecule has 1 aromatic rings. The number of rotatable bonds is 3. The number of aromatic amines is 1. The number of carbonyl (C=O) groups is 1. The maximum Gasteiger partial charge on any atom is 0.309 e. The van der Waals surface area contributed by atoms with Gasteiger partial charge in [0.1, 0.15) is 11.8 Å². The Morgan fingerprint density at radius 1 is 1.69 bits per heavy atom. The number of hydrogen-bond acceptors (Lipinski definition) is 6. The van der Waals surface area contributed by atoms with Crippen molar-refractivity contribution in [2.24, 2.45) is 5.73 Å². The van der Waals surface area contributed by atoms with E-state index in [-0.39, 0.29) is 11.2 Å². The van der Waals surface area contributed by atoms with E-state index in [1.54, 1.807) is 20.8 Å². The van der Waals surface area contributed by atoms with Crippen molar-refractivity contribution in [3.63, 3.8) is 0 Å². The van der Waals surface area contributed by atoms with Gasteiger partial charge in [0.25, 0.3) is 0 Å². The molecule has 0 aliphatic rings. The molecule has 3 N–H and O–H groups in total. The number of nitrogens with one attached hydrogen (secondary N) is 1. The number of carbonyl (C=O) groups excluding carboxylic acids is 1. The Morgan fingerprint density at radius 3 is 2.75 bits per heavy atom. The number of nitrogens with zero attached hydrogens (tertiary/aromatic N) is 3. The number of hydrogen-bond donors (Lipinski definition) is 2. The number of esters is 1. The molecule has 0 saturated heterocycles. The van der Waals surface area contributed by atoms with Crippen LogP contribution in [-0.4, -0.2) is 31.8 Å². The van der Waals surface area contributed by atoms with E-state index in [0.717, 1.165) is 0 Å². The third-order valence-electron chi connectivity index (χ3n) is 1.62. The van der Waals surface area contributed by atoms with E-state index in [1.807, 2.05) is 0 Å². The number of tetrazole rings is 1. The van der Waals surface area contributed by atoms with Crippen LogP contribution in [0.15, 0.2) is 0 Å². The molecule has 0 aliphatic heterocycles. The van der Waals surface area contributed by atoms with Gasteiger partial charge in [-0.2, -0.15) is 5.21 Å². The normalized spacial score (nSPS) is 13.5. The average Bonchev–Trinajstić information content (AvgIpc) is 2.47. The number of H-pyrrole nitrogens is 1. The first-order valence-electron chi connectivity index (χ1n) is 4.76. The van der Waals surface area contributed by atoms with Crippen molar-refractivity contribution in [2.75, 3.05) is 0 Å². The maximum absolute atomic E-state index is 11.5. The Balaban J connectivity index is 2.59. The molecule has 0 aromatic carbocycles. The quantitative estimate of drug-likeness (QED) is 0.595. The standard InChI is InChI=1S/C8H15N5O2S/c1-8(2,3)15-6(14)4-5(9)13-7(16)10-11-12-13/h5H,4,9H2,1-3H3,(H,10,12,16). The summed E-state index contributed by atoms with van der Waals surface area (Å²) in [7, 11) is 0. The van der Waals surface area contributed by atoms with Gasteiger partial charge in [0.15, 0.2) is 0 Å². The minimum Gasteiger partial charge on any atom is -0.460 e. The average molecular weight is 245 g/mol. The highest BCUT2D eigenvalue weighted by Crippen LogP contribution is 2.11. The number of nitrogens with two attached hydrogens (primary N) is 1. The van der Waals surface area contributed by atoms with Gasteiger partial charge in [0.05, 0.1) is 6.42 Å². The molecule has 1 rings (SSSR count). The SMILES string of the molecule is CC(C)(C)OC(=O)CC(N)n1[nH]nnc1=S. The topological polar surface area (TPSA) is 98.8 Å². The van der Waals surface area contributed by atoms with Crippen molar-refractivity contribution in [1.82, 2.24) is 20.2 Å². The smallest absolute Gasteiger partial charge is 0.309 e. The monoisotopic (exact) mass is 245 g/mol. The Bertz CT molecular complexity index is 419. The minimum absolute atomic E-state index is 0.00937. The van der Waals surface area contributed by atoms with Crippen molar-refractivity contribution in [3.8, 4) is 0 Å². The fraction of sp³-hybridized carbons (Fsp3) is 0.750. The van der Waals surface area contributed by atoms with Crippen molar-refractivity contribution in [3.05, 3.63) is 4.77 Å². The molecule has 1 heterocycles. The Morgan fingerprint density at radius 2 is 2.31 bits per heavy atom. The lowest BCUT2D eigenvalue weighted by Gasteiger charge is -2.20. The second-order valence-corrected chi connectivity index (χ2v) is 4.68. The second-order valence-electron chi connectivity index (χ2n) is 4.31. The first-order valence-corrected chi connectivity index (χ1v) is 5.17. The predicted molar refractivity (Wildman–Crippen MR) is 58.9 cm³/mol. The summed E-state index contributed by atoms with van der Waals surface area (Å²) >= 11 is 4.85. The van der Waals surface area contributed by atoms with E-state index < -0.39 is 17.7 Å². The molecule has 0 bridgehead atoms. The Labute approximate surface area is 97.9 Å². The van der Waals surface area contributed by atoms with Crippen LogP contribution in [0, 0.1) is 4.77 Å². The molecule has 1 unspecified atom stereocenters. The zero-order valence-corrected chi connectivity index (χ0v) is 10.2. The first-order chi connectivity index (χ1) is 7.29. The number of aromatic nitrogens is 4. The van der Waals surface area contributed by atoms with Gasteiger partial charge in [-0.1, -0.05) is 10.3 Å². The molecule has 1 aromatic heterocycles. The lowest BCUT2D eigenvalue weighted by atomic mass is 10.2. The van der Waals surface area contributed by atoms with Crippen LogP contribution in [0.5, 0.6) is 0 Å². The molecular formula is C8H15N5O2S. The fourth-order valence-electron chi connectivity index (χ4n) is 1.07. The van der Waals surface area contributed by atoms with E-state index in [0.29, 0.717) is 0 Å². The molecule has 0 fully saturated rings. The van der Waals surface area contributed by atoms with Crippen LogP contribution >= 0.6 is 12.2 Å². The molecule has 7 nitrogen and oxygen atoms in total. The van der Waals surface area contributed by atoms with Crippen molar-refractivity contribution in [1.29, 1.82) is 0 Å². The van der Waals surface area contributed by atoms with Crippen molar-refractivity contribution in [2.45, 2.75) is 39.0 Å². The summed E-state index contributed by atoms with van der Waals surface area (Å²) in [6, 6.07) is 0. The summed E-state index contributed by atoms with van der Waals surface area (Å²) in [5.41, 5.74) is 5.22. The van der Waals surface area contributed by atoms with Gasteiger partial charge in [-0.05, 0) is 33.0 Å². The predicted octanol–water partition coefficient (Wildman–Crippen LogP) is 0.525. The fourth-order valence-corrected chi connectivity index (χ4v) is 1.28. The number of ether oxygens (including phenoxy) is 1. The Kier molecular flexibility index (Phi) is 3.76. The highest BCUT2D eigenvalue weighted by atomic mass is 32.1. The van der Waals surface area contributed by atoms with Gasteiger partial charge in [0.2, 0.25) is 4.77 Å². The van der Waals surface area contributed by atoms with E-state index in [1.165, 1.54) is 4.68 Å². The molecule has 1 atom stereocenters. The van der Waals surface area contributed by atoms with Crippen LogP contribution in [0.2, 0.25) is 0 Å². The van der Waals surface area contributed by atoms with E-state index >= 15 is 0 Å². The summed E-state index contributed by atoms with van der Waals surface area (Å²) in [5.74, 6) is -0.392. The van der Waals surface area contributed by atoms with Crippen molar-refractivity contribution >= 4 is 18.2 Å². The molecule has 0 aliphatic carbocycles. The summed E-state index contributed by atoms with van der Waals surface area (Å²) < 4.78 is 6.66. The van der Waals surface area contributed by atoms with Gasteiger partial charge in [-0.3, -0.25) is 4.79 Å². The van der Waals surface area contributed by atoms with Crippen LogP contribution in [0.1, 0.15) is 33.4 Å². The molecule has 0 radical (unpaired) electrons.